The van der Waals surface area contributed by atoms with Crippen LogP contribution in [0.15, 0.2) is 34.1 Å². The van der Waals surface area contributed by atoms with Gasteiger partial charge in [0.05, 0.1) is 6.54 Å². The molecular formula is C11H12N4S. The van der Waals surface area contributed by atoms with Crippen LogP contribution in [0, 0.1) is 0 Å². The molecule has 16 heavy (non-hydrogen) atoms. The molecule has 0 saturated carbocycles. The summed E-state index contributed by atoms with van der Waals surface area (Å²) in [6.07, 6.45) is 5.85. The van der Waals surface area contributed by atoms with Gasteiger partial charge in [-0.3, -0.25) is 0 Å². The van der Waals surface area contributed by atoms with Crippen LogP contribution in [0.5, 0.6) is 0 Å². The van der Waals surface area contributed by atoms with Gasteiger partial charge in [-0.05, 0) is 24.3 Å². The summed E-state index contributed by atoms with van der Waals surface area (Å²) in [7, 11) is 0. The Kier molecular flexibility index (Phi) is 2.53. The van der Waals surface area contributed by atoms with Gasteiger partial charge in [-0.25, -0.2) is 4.98 Å². The van der Waals surface area contributed by atoms with E-state index in [1.165, 1.54) is 10.4 Å². The number of hydrogen-bond acceptors (Lipinski definition) is 4. The molecule has 1 N–H and O–H groups in total. The van der Waals surface area contributed by atoms with E-state index in [0.29, 0.717) is 0 Å². The Hall–Kier alpha value is -1.49. The minimum absolute atomic E-state index is 0.230. The third-order valence-corrected chi connectivity index (χ3v) is 3.73. The molecule has 0 radical (unpaired) electrons. The molecule has 0 aromatic carbocycles. The van der Waals surface area contributed by atoms with Crippen molar-refractivity contribution in [2.24, 2.45) is 10.2 Å². The van der Waals surface area contributed by atoms with Crippen LogP contribution in [-0.2, 0) is 0 Å². The second kappa shape index (κ2) is 4.17. The summed E-state index contributed by atoms with van der Waals surface area (Å²) in [5.41, 5.74) is 1.17. The summed E-state index contributed by atoms with van der Waals surface area (Å²) in [5, 5.41) is 10.6. The molecule has 2 aromatic rings. The topological polar surface area (TPSA) is 53.4 Å². The molecule has 5 heteroatoms. The van der Waals surface area contributed by atoms with Crippen molar-refractivity contribution < 1.29 is 0 Å². The number of hydrogen-bond donors (Lipinski definition) is 1. The van der Waals surface area contributed by atoms with Crippen LogP contribution < -0.4 is 0 Å². The first-order valence-electron chi connectivity index (χ1n) is 5.39. The van der Waals surface area contributed by atoms with Crippen LogP contribution in [0.2, 0.25) is 0 Å². The van der Waals surface area contributed by atoms with Gasteiger partial charge in [-0.2, -0.15) is 10.2 Å². The number of thiophene rings is 1. The van der Waals surface area contributed by atoms with E-state index in [2.05, 4.69) is 31.6 Å². The van der Waals surface area contributed by atoms with Crippen molar-refractivity contribution in [1.82, 2.24) is 9.97 Å². The number of nitrogens with one attached hydrogen (secondary N) is 1. The van der Waals surface area contributed by atoms with E-state index in [1.54, 1.807) is 17.5 Å². The molecule has 0 saturated heterocycles. The van der Waals surface area contributed by atoms with Gasteiger partial charge in [-0.1, -0.05) is 0 Å². The fraction of sp³-hybridized carbons (Fsp3) is 0.364. The Labute approximate surface area is 97.5 Å². The summed E-state index contributed by atoms with van der Waals surface area (Å²) < 4.78 is 0. The number of aromatic nitrogens is 2. The molecule has 4 nitrogen and oxygen atoms in total. The summed E-state index contributed by atoms with van der Waals surface area (Å²) in [4.78, 5) is 8.71. The molecular weight excluding hydrogens is 220 g/mol. The molecule has 0 amide bonds. The van der Waals surface area contributed by atoms with E-state index in [9.17, 15) is 0 Å². The van der Waals surface area contributed by atoms with E-state index in [0.717, 1.165) is 25.2 Å². The molecule has 0 spiro atoms. The molecule has 3 heterocycles. The fourth-order valence-electron chi connectivity index (χ4n) is 1.94. The Morgan fingerprint density at radius 2 is 2.44 bits per heavy atom. The first-order chi connectivity index (χ1) is 7.95. The molecule has 1 aliphatic heterocycles. The maximum atomic E-state index is 4.34. The molecule has 0 aliphatic carbocycles. The van der Waals surface area contributed by atoms with Crippen molar-refractivity contribution in [3.63, 3.8) is 0 Å². The third kappa shape index (κ3) is 1.67. The van der Waals surface area contributed by atoms with Crippen molar-refractivity contribution in [3.8, 4) is 11.4 Å². The number of aromatic amines is 1. The minimum atomic E-state index is 0.230. The lowest BCUT2D eigenvalue weighted by Crippen LogP contribution is -2.00. The summed E-state index contributed by atoms with van der Waals surface area (Å²) in [5.74, 6) is 0.928. The van der Waals surface area contributed by atoms with Crippen LogP contribution in [0.1, 0.15) is 23.8 Å². The zero-order valence-corrected chi connectivity index (χ0v) is 9.57. The second-order valence-electron chi connectivity index (χ2n) is 3.77. The molecule has 2 aromatic heterocycles. The third-order valence-electron chi connectivity index (χ3n) is 2.71. The number of imidazole rings is 1. The molecule has 3 rings (SSSR count). The van der Waals surface area contributed by atoms with E-state index < -0.39 is 0 Å². The smallest absolute Gasteiger partial charge is 0.138 e. The van der Waals surface area contributed by atoms with Gasteiger partial charge in [0, 0.05) is 22.8 Å². The highest BCUT2D eigenvalue weighted by atomic mass is 32.1. The van der Waals surface area contributed by atoms with Crippen LogP contribution in [-0.4, -0.2) is 16.5 Å². The largest absolute Gasteiger partial charge is 0.345 e. The molecule has 1 atom stereocenters. The molecule has 82 valence electrons. The van der Waals surface area contributed by atoms with Crippen molar-refractivity contribution in [2.75, 3.05) is 6.54 Å². The first-order valence-corrected chi connectivity index (χ1v) is 6.27. The quantitative estimate of drug-likeness (QED) is 0.847. The van der Waals surface area contributed by atoms with Crippen LogP contribution in [0.4, 0.5) is 0 Å². The van der Waals surface area contributed by atoms with E-state index in [-0.39, 0.29) is 6.04 Å². The average Bonchev–Trinajstić information content (AvgIpc) is 3.01. The standard InChI is InChI=1S/C11H12N4S/c1-2-9(15-14-4-1)10-8(3-7-16-10)11-12-5-6-13-11/h3,5-7,9H,1-2,4H2,(H,12,13). The molecule has 0 fully saturated rings. The number of nitrogens with zero attached hydrogens (tertiary/aromatic N) is 3. The maximum absolute atomic E-state index is 4.34. The summed E-state index contributed by atoms with van der Waals surface area (Å²) in [6, 6.07) is 2.33. The van der Waals surface area contributed by atoms with E-state index in [1.807, 2.05) is 6.20 Å². The SMILES string of the molecule is c1c[nH]c(-c2ccsc2C2CCCN=N2)n1. The Morgan fingerprint density at radius 3 is 3.19 bits per heavy atom. The van der Waals surface area contributed by atoms with Gasteiger partial charge in [0.15, 0.2) is 0 Å². The van der Waals surface area contributed by atoms with Crippen molar-refractivity contribution in [1.29, 1.82) is 0 Å². The van der Waals surface area contributed by atoms with Gasteiger partial charge >= 0.3 is 0 Å². The van der Waals surface area contributed by atoms with Gasteiger partial charge in [0.1, 0.15) is 11.9 Å². The van der Waals surface area contributed by atoms with Gasteiger partial charge < -0.3 is 4.98 Å². The predicted octanol–water partition coefficient (Wildman–Crippen LogP) is 3.43. The predicted molar refractivity (Wildman–Crippen MR) is 63.6 cm³/mol. The number of azo groups is 1. The van der Waals surface area contributed by atoms with Crippen molar-refractivity contribution in [3.05, 3.63) is 28.7 Å². The Balaban J connectivity index is 1.99. The first kappa shape index (κ1) is 9.72. The second-order valence-corrected chi connectivity index (χ2v) is 4.72. The summed E-state index contributed by atoms with van der Waals surface area (Å²) in [6.45, 7) is 0.873. The van der Waals surface area contributed by atoms with Crippen molar-refractivity contribution >= 4 is 11.3 Å². The zero-order chi connectivity index (χ0) is 10.8. The lowest BCUT2D eigenvalue weighted by atomic mass is 10.1. The van der Waals surface area contributed by atoms with Crippen LogP contribution in [0.25, 0.3) is 11.4 Å². The fourth-order valence-corrected chi connectivity index (χ4v) is 2.90. The van der Waals surface area contributed by atoms with Gasteiger partial charge in [0.2, 0.25) is 0 Å². The van der Waals surface area contributed by atoms with Crippen LogP contribution in [0.3, 0.4) is 0 Å². The maximum Gasteiger partial charge on any atom is 0.138 e. The number of H-pyrrole nitrogens is 1. The normalized spacial score (nSPS) is 20.1. The van der Waals surface area contributed by atoms with Gasteiger partial charge in [-0.15, -0.1) is 11.3 Å². The highest BCUT2D eigenvalue weighted by Gasteiger charge is 2.20. The lowest BCUT2D eigenvalue weighted by Gasteiger charge is -2.14. The highest BCUT2D eigenvalue weighted by Crippen LogP contribution is 2.36. The summed E-state index contributed by atoms with van der Waals surface area (Å²) >= 11 is 1.74. The van der Waals surface area contributed by atoms with Gasteiger partial charge in [0.25, 0.3) is 0 Å². The van der Waals surface area contributed by atoms with E-state index in [4.69, 9.17) is 0 Å². The molecule has 0 bridgehead atoms. The highest BCUT2D eigenvalue weighted by molar-refractivity contribution is 7.10. The monoisotopic (exact) mass is 232 g/mol. The van der Waals surface area contributed by atoms with E-state index >= 15 is 0 Å². The van der Waals surface area contributed by atoms with Crippen LogP contribution >= 0.6 is 11.3 Å². The molecule has 1 aliphatic rings. The number of rotatable bonds is 2. The molecule has 1 unspecified atom stereocenters. The minimum Gasteiger partial charge on any atom is -0.345 e. The average molecular weight is 232 g/mol. The zero-order valence-electron chi connectivity index (χ0n) is 8.76. The Morgan fingerprint density at radius 1 is 1.44 bits per heavy atom. The Bertz CT molecular complexity index is 486. The lowest BCUT2D eigenvalue weighted by molar-refractivity contribution is 0.537. The van der Waals surface area contributed by atoms with Crippen molar-refractivity contribution in [2.45, 2.75) is 18.9 Å².